The van der Waals surface area contributed by atoms with Gasteiger partial charge < -0.3 is 25.4 Å². The number of carboxylic acids is 1. The predicted molar refractivity (Wildman–Crippen MR) is 132 cm³/mol. The van der Waals surface area contributed by atoms with E-state index in [4.69, 9.17) is 15.9 Å². The number of aliphatic carboxylic acids is 1. The van der Waals surface area contributed by atoms with E-state index in [9.17, 15) is 14.7 Å². The highest BCUT2D eigenvalue weighted by molar-refractivity contribution is 5.86. The lowest BCUT2D eigenvalue weighted by Gasteiger charge is -2.41. The van der Waals surface area contributed by atoms with Crippen molar-refractivity contribution in [2.75, 3.05) is 33.3 Å². The molecule has 0 aromatic carbocycles. The molecule has 2 aliphatic heterocycles. The van der Waals surface area contributed by atoms with Crippen molar-refractivity contribution in [3.63, 3.8) is 0 Å². The van der Waals surface area contributed by atoms with Crippen molar-refractivity contribution >= 4 is 17.8 Å². The van der Waals surface area contributed by atoms with Gasteiger partial charge in [0.2, 0.25) is 5.91 Å². The number of likely N-dealkylation sites (N-methyl/N-ethyl adjacent to an activating group) is 1. The van der Waals surface area contributed by atoms with E-state index < -0.39 is 12.0 Å². The minimum absolute atomic E-state index is 0.0198. The third-order valence-corrected chi connectivity index (χ3v) is 8.04. The van der Waals surface area contributed by atoms with Gasteiger partial charge in [0, 0.05) is 38.3 Å². The maximum atomic E-state index is 13.7. The Morgan fingerprint density at radius 1 is 1.03 bits per heavy atom. The molecule has 0 aromatic heterocycles. The summed E-state index contributed by atoms with van der Waals surface area (Å²) in [4.78, 5) is 31.3. The van der Waals surface area contributed by atoms with Crippen molar-refractivity contribution in [2.24, 2.45) is 5.73 Å². The molecule has 0 radical (unpaired) electrons. The van der Waals surface area contributed by atoms with Crippen LogP contribution in [-0.2, 0) is 14.3 Å². The number of carbonyl (C=O) groups excluding carboxylic acids is 1. The summed E-state index contributed by atoms with van der Waals surface area (Å²) < 4.78 is 6.14. The Morgan fingerprint density at radius 2 is 1.68 bits per heavy atom. The molecule has 34 heavy (non-hydrogen) atoms. The van der Waals surface area contributed by atoms with E-state index in [1.54, 1.807) is 0 Å². The molecule has 1 aliphatic carbocycles. The molecule has 3 rings (SSSR count). The number of hydrogen-bond donors (Lipinski definition) is 3. The molecule has 0 bridgehead atoms. The summed E-state index contributed by atoms with van der Waals surface area (Å²) in [6.07, 6.45) is 12.4. The van der Waals surface area contributed by atoms with Gasteiger partial charge in [-0.15, -0.1) is 0 Å². The number of ether oxygens (including phenoxy) is 1. The number of nitrogens with zero attached hydrogens (tertiary/aromatic N) is 3. The summed E-state index contributed by atoms with van der Waals surface area (Å²) in [6.45, 7) is 2.80. The topological polar surface area (TPSA) is 123 Å². The van der Waals surface area contributed by atoms with E-state index in [0.717, 1.165) is 77.3 Å². The summed E-state index contributed by atoms with van der Waals surface area (Å²) in [7, 11) is 1.96. The maximum absolute atomic E-state index is 13.7. The van der Waals surface area contributed by atoms with Crippen molar-refractivity contribution in [3.8, 4) is 0 Å². The van der Waals surface area contributed by atoms with Crippen LogP contribution in [0.3, 0.4) is 0 Å². The molecule has 4 N–H and O–H groups in total. The largest absolute Gasteiger partial charge is 0.481 e. The van der Waals surface area contributed by atoms with Crippen molar-refractivity contribution < 1.29 is 19.4 Å². The highest BCUT2D eigenvalue weighted by Crippen LogP contribution is 2.27. The number of rotatable bonds is 9. The smallest absolute Gasteiger partial charge is 0.305 e. The van der Waals surface area contributed by atoms with E-state index in [-0.39, 0.29) is 36.5 Å². The molecular formula is C25H45N5O4. The third kappa shape index (κ3) is 7.57. The number of guanidine groups is 1. The Bertz CT molecular complexity index is 674. The quantitative estimate of drug-likeness (QED) is 0.264. The predicted octanol–water partition coefficient (Wildman–Crippen LogP) is 2.63. The fourth-order valence-corrected chi connectivity index (χ4v) is 5.91. The van der Waals surface area contributed by atoms with Crippen LogP contribution in [0.5, 0.6) is 0 Å². The van der Waals surface area contributed by atoms with Crippen LogP contribution in [0.4, 0.5) is 0 Å². The van der Waals surface area contributed by atoms with Crippen LogP contribution in [-0.4, -0.2) is 95.2 Å². The summed E-state index contributed by atoms with van der Waals surface area (Å²) in [5.74, 6) is -0.805. The van der Waals surface area contributed by atoms with Gasteiger partial charge in [-0.25, -0.2) is 0 Å². The fraction of sp³-hybridized carbons (Fsp3) is 0.880. The van der Waals surface area contributed by atoms with Crippen molar-refractivity contribution in [3.05, 3.63) is 0 Å². The van der Waals surface area contributed by atoms with E-state index in [1.807, 2.05) is 16.8 Å². The van der Waals surface area contributed by atoms with Crippen LogP contribution >= 0.6 is 0 Å². The Kier molecular flexibility index (Phi) is 10.4. The molecule has 0 aromatic rings. The van der Waals surface area contributed by atoms with E-state index in [0.29, 0.717) is 13.2 Å². The minimum atomic E-state index is -0.910. The molecule has 3 fully saturated rings. The zero-order valence-corrected chi connectivity index (χ0v) is 20.9. The summed E-state index contributed by atoms with van der Waals surface area (Å²) in [5, 5.41) is 17.2. The molecule has 1 amide bonds. The molecule has 1 saturated carbocycles. The van der Waals surface area contributed by atoms with Crippen LogP contribution in [0.25, 0.3) is 0 Å². The first-order chi connectivity index (χ1) is 16.4. The second kappa shape index (κ2) is 13.3. The number of likely N-dealkylation sites (tertiary alicyclic amines) is 2. The monoisotopic (exact) mass is 479 g/mol. The van der Waals surface area contributed by atoms with Gasteiger partial charge in [0.15, 0.2) is 5.96 Å². The average Bonchev–Trinajstić information content (AvgIpc) is 3.12. The van der Waals surface area contributed by atoms with Crippen molar-refractivity contribution in [1.82, 2.24) is 14.7 Å². The Morgan fingerprint density at radius 3 is 2.29 bits per heavy atom. The molecule has 3 aliphatic rings. The fourth-order valence-electron chi connectivity index (χ4n) is 5.91. The van der Waals surface area contributed by atoms with Crippen LogP contribution in [0.1, 0.15) is 83.5 Å². The first kappa shape index (κ1) is 26.7. The van der Waals surface area contributed by atoms with E-state index >= 15 is 0 Å². The summed E-state index contributed by atoms with van der Waals surface area (Å²) in [5.41, 5.74) is 5.58. The van der Waals surface area contributed by atoms with Gasteiger partial charge in [-0.05, 0) is 58.4 Å². The van der Waals surface area contributed by atoms with Gasteiger partial charge in [-0.1, -0.05) is 25.7 Å². The van der Waals surface area contributed by atoms with E-state index in [1.165, 1.54) is 12.8 Å². The van der Waals surface area contributed by atoms with Gasteiger partial charge in [0.25, 0.3) is 0 Å². The molecule has 9 nitrogen and oxygen atoms in total. The van der Waals surface area contributed by atoms with Gasteiger partial charge in [0.1, 0.15) is 0 Å². The Balaban J connectivity index is 1.57. The van der Waals surface area contributed by atoms with Gasteiger partial charge >= 0.3 is 5.97 Å². The molecule has 0 spiro atoms. The maximum Gasteiger partial charge on any atom is 0.305 e. The highest BCUT2D eigenvalue weighted by Gasteiger charge is 2.37. The zero-order valence-electron chi connectivity index (χ0n) is 20.9. The first-order valence-corrected chi connectivity index (χ1v) is 13.3. The normalized spacial score (nSPS) is 24.1. The first-order valence-electron chi connectivity index (χ1n) is 13.3. The molecule has 2 saturated heterocycles. The molecule has 2 atom stereocenters. The van der Waals surface area contributed by atoms with Crippen molar-refractivity contribution in [2.45, 2.75) is 108 Å². The number of nitrogens with one attached hydrogen (secondary N) is 1. The van der Waals surface area contributed by atoms with Gasteiger partial charge in [-0.3, -0.25) is 19.9 Å². The highest BCUT2D eigenvalue weighted by atomic mass is 16.5. The minimum Gasteiger partial charge on any atom is -0.481 e. The summed E-state index contributed by atoms with van der Waals surface area (Å²) in [6, 6.07) is -0.210. The molecular weight excluding hydrogens is 434 g/mol. The standard InChI is InChI=1S/C25H45N5O4/c1-28(19-8-4-2-3-5-9-19)22(18-23(31)32)24(33)30-14-7-6-10-20(30)13-17-34-21-11-15-29(16-12-21)25(26)27/h19-22H,2-18H2,1H3,(H3,26,27)(H,31,32)/t20-,22+/m1/s1. The average molecular weight is 480 g/mol. The van der Waals surface area contributed by atoms with Gasteiger partial charge in [0.05, 0.1) is 18.6 Å². The second-order valence-corrected chi connectivity index (χ2v) is 10.3. The van der Waals surface area contributed by atoms with Crippen LogP contribution in [0.2, 0.25) is 0 Å². The van der Waals surface area contributed by atoms with Crippen LogP contribution in [0, 0.1) is 5.41 Å². The molecule has 194 valence electrons. The third-order valence-electron chi connectivity index (χ3n) is 8.04. The second-order valence-electron chi connectivity index (χ2n) is 10.3. The van der Waals surface area contributed by atoms with E-state index in [2.05, 4.69) is 4.90 Å². The molecule has 9 heteroatoms. The number of carbonyl (C=O) groups is 2. The Hall–Kier alpha value is -1.87. The number of hydrogen-bond acceptors (Lipinski definition) is 5. The lowest BCUT2D eigenvalue weighted by atomic mass is 9.96. The van der Waals surface area contributed by atoms with Crippen LogP contribution < -0.4 is 5.73 Å². The Labute approximate surface area is 204 Å². The van der Waals surface area contributed by atoms with Crippen molar-refractivity contribution in [1.29, 1.82) is 5.41 Å². The number of nitrogens with two attached hydrogens (primary N) is 1. The lowest BCUT2D eigenvalue weighted by molar-refractivity contribution is -0.148. The summed E-state index contributed by atoms with van der Waals surface area (Å²) >= 11 is 0. The molecule has 0 unspecified atom stereocenters. The van der Waals surface area contributed by atoms with Crippen LogP contribution in [0.15, 0.2) is 0 Å². The number of amides is 1. The SMILES string of the molecule is CN(C1CCCCCC1)[C@@H](CC(=O)O)C(=O)N1CCCC[C@@H]1CCOC1CCN(C(=N)N)CC1. The zero-order chi connectivity index (χ0) is 24.5. The number of piperidine rings is 2. The molecule has 2 heterocycles. The lowest BCUT2D eigenvalue weighted by Crippen LogP contribution is -2.55. The number of carboxylic acid groups (broad SMARTS) is 1. The van der Waals surface area contributed by atoms with Gasteiger partial charge in [-0.2, -0.15) is 0 Å².